The molecule has 0 aliphatic carbocycles. The van der Waals surface area contributed by atoms with Crippen LogP contribution in [0.2, 0.25) is 0 Å². The van der Waals surface area contributed by atoms with Crippen molar-refractivity contribution < 1.29 is 17.2 Å². The number of aromatic nitrogens is 2. The standard InChI is InChI=1S/C18H15F2N3O3S/c1-22-17(21-11-13-7-5-6-10-15(13)19)16(20)12-23(18(22)24)27(25,26)14-8-3-2-4-9-14/h2-10,12H,11H2,1H3/b21-17+. The summed E-state index contributed by atoms with van der Waals surface area (Å²) < 4.78 is 54.5. The number of hydrogen-bond donors (Lipinski definition) is 0. The molecule has 0 aliphatic heterocycles. The second-order valence-electron chi connectivity index (χ2n) is 5.66. The third kappa shape index (κ3) is 3.59. The molecule has 6 nitrogen and oxygen atoms in total. The molecule has 2 aromatic carbocycles. The van der Waals surface area contributed by atoms with Crippen LogP contribution in [-0.2, 0) is 23.6 Å². The fourth-order valence-corrected chi connectivity index (χ4v) is 3.75. The van der Waals surface area contributed by atoms with Crippen molar-refractivity contribution >= 4 is 10.0 Å². The van der Waals surface area contributed by atoms with Gasteiger partial charge in [-0.1, -0.05) is 36.4 Å². The maximum atomic E-state index is 14.5. The van der Waals surface area contributed by atoms with E-state index in [1.54, 1.807) is 12.1 Å². The molecule has 0 saturated heterocycles. The molecule has 0 bridgehead atoms. The predicted octanol–water partition coefficient (Wildman–Crippen LogP) is 1.80. The van der Waals surface area contributed by atoms with Crippen molar-refractivity contribution in [1.29, 1.82) is 0 Å². The molecule has 3 aromatic rings. The lowest BCUT2D eigenvalue weighted by Crippen LogP contribution is -2.42. The number of halogens is 2. The molecule has 0 spiro atoms. The van der Waals surface area contributed by atoms with Crippen molar-refractivity contribution in [2.45, 2.75) is 11.4 Å². The fraction of sp³-hybridized carbons (Fsp3) is 0.111. The Bertz CT molecular complexity index is 1220. The van der Waals surface area contributed by atoms with Gasteiger partial charge in [-0.25, -0.2) is 22.0 Å². The van der Waals surface area contributed by atoms with Gasteiger partial charge in [-0.3, -0.25) is 9.56 Å². The average molecular weight is 391 g/mol. The van der Waals surface area contributed by atoms with E-state index in [0.717, 1.165) is 4.57 Å². The van der Waals surface area contributed by atoms with Crippen molar-refractivity contribution in [1.82, 2.24) is 8.54 Å². The summed E-state index contributed by atoms with van der Waals surface area (Å²) >= 11 is 0. The highest BCUT2D eigenvalue weighted by Gasteiger charge is 2.21. The van der Waals surface area contributed by atoms with Gasteiger partial charge in [-0.2, -0.15) is 3.97 Å². The third-order valence-corrected chi connectivity index (χ3v) is 5.54. The maximum Gasteiger partial charge on any atom is 0.343 e. The average Bonchev–Trinajstić information content (AvgIpc) is 2.66. The van der Waals surface area contributed by atoms with Crippen molar-refractivity contribution in [3.05, 3.63) is 94.0 Å². The highest BCUT2D eigenvalue weighted by atomic mass is 32.2. The first-order valence-corrected chi connectivity index (χ1v) is 9.29. The quantitative estimate of drug-likeness (QED) is 0.681. The molecule has 1 aromatic heterocycles. The largest absolute Gasteiger partial charge is 0.343 e. The van der Waals surface area contributed by atoms with Crippen LogP contribution < -0.4 is 11.2 Å². The number of rotatable bonds is 4. The minimum absolute atomic E-state index is 0.150. The van der Waals surface area contributed by atoms with Gasteiger partial charge in [0.1, 0.15) is 5.82 Å². The topological polar surface area (TPSA) is 73.4 Å². The van der Waals surface area contributed by atoms with Crippen molar-refractivity contribution in [2.75, 3.05) is 0 Å². The highest BCUT2D eigenvalue weighted by molar-refractivity contribution is 7.90. The summed E-state index contributed by atoms with van der Waals surface area (Å²) in [6.07, 6.45) is 0.574. The van der Waals surface area contributed by atoms with Gasteiger partial charge in [0.2, 0.25) is 0 Å². The molecule has 0 saturated carbocycles. The highest BCUT2D eigenvalue weighted by Crippen LogP contribution is 2.11. The Hall–Kier alpha value is -3.07. The Labute approximate surface area is 153 Å². The van der Waals surface area contributed by atoms with E-state index in [1.807, 2.05) is 0 Å². The Morgan fingerprint density at radius 1 is 0.963 bits per heavy atom. The van der Waals surface area contributed by atoms with E-state index in [4.69, 9.17) is 0 Å². The minimum atomic E-state index is -4.26. The van der Waals surface area contributed by atoms with Crippen LogP contribution in [0.3, 0.4) is 0 Å². The first-order valence-electron chi connectivity index (χ1n) is 7.85. The summed E-state index contributed by atoms with van der Waals surface area (Å²) in [5, 5.41) is 0. The molecule has 27 heavy (non-hydrogen) atoms. The molecule has 140 valence electrons. The molecule has 0 fully saturated rings. The maximum absolute atomic E-state index is 14.5. The van der Waals surface area contributed by atoms with Crippen LogP contribution in [0, 0.1) is 11.6 Å². The lowest BCUT2D eigenvalue weighted by Gasteiger charge is -2.10. The molecule has 1 heterocycles. The van der Waals surface area contributed by atoms with Crippen LogP contribution in [0.5, 0.6) is 0 Å². The monoisotopic (exact) mass is 391 g/mol. The van der Waals surface area contributed by atoms with Crippen LogP contribution in [0.15, 0.2) is 75.5 Å². The van der Waals surface area contributed by atoms with Crippen molar-refractivity contribution in [3.63, 3.8) is 0 Å². The van der Waals surface area contributed by atoms with Gasteiger partial charge in [0.05, 0.1) is 17.6 Å². The summed E-state index contributed by atoms with van der Waals surface area (Å²) in [6, 6.07) is 13.0. The zero-order chi connectivity index (χ0) is 19.6. The summed E-state index contributed by atoms with van der Waals surface area (Å²) in [5.41, 5.74) is -1.15. The van der Waals surface area contributed by atoms with Gasteiger partial charge < -0.3 is 0 Å². The molecule has 0 atom stereocenters. The fourth-order valence-electron chi connectivity index (χ4n) is 2.46. The molecule has 9 heteroatoms. The van der Waals surface area contributed by atoms with E-state index in [9.17, 15) is 22.0 Å². The molecule has 0 amide bonds. The van der Waals surface area contributed by atoms with Gasteiger partial charge in [0.25, 0.3) is 10.0 Å². The zero-order valence-corrected chi connectivity index (χ0v) is 15.0. The van der Waals surface area contributed by atoms with E-state index in [0.29, 0.717) is 10.2 Å². The van der Waals surface area contributed by atoms with Gasteiger partial charge >= 0.3 is 5.69 Å². The molecular weight excluding hydrogens is 376 g/mol. The van der Waals surface area contributed by atoms with Gasteiger partial charge in [-0.05, 0) is 18.2 Å². The van der Waals surface area contributed by atoms with Crippen LogP contribution in [0.4, 0.5) is 8.78 Å². The van der Waals surface area contributed by atoms with E-state index in [2.05, 4.69) is 4.99 Å². The predicted molar refractivity (Wildman–Crippen MR) is 94.3 cm³/mol. The van der Waals surface area contributed by atoms with Crippen LogP contribution in [0.1, 0.15) is 5.56 Å². The first kappa shape index (κ1) is 18.7. The Kier molecular flexibility index (Phi) is 5.04. The van der Waals surface area contributed by atoms with Gasteiger partial charge in [0.15, 0.2) is 11.3 Å². The van der Waals surface area contributed by atoms with E-state index in [-0.39, 0.29) is 22.5 Å². The smallest absolute Gasteiger partial charge is 0.278 e. The van der Waals surface area contributed by atoms with E-state index < -0.39 is 27.3 Å². The van der Waals surface area contributed by atoms with Crippen LogP contribution in [-0.4, -0.2) is 17.0 Å². The lowest BCUT2D eigenvalue weighted by atomic mass is 10.2. The zero-order valence-electron chi connectivity index (χ0n) is 14.2. The summed E-state index contributed by atoms with van der Waals surface area (Å²) in [5.74, 6) is -1.53. The first-order chi connectivity index (χ1) is 12.8. The van der Waals surface area contributed by atoms with E-state index >= 15 is 0 Å². The molecule has 0 aliphatic rings. The van der Waals surface area contributed by atoms with Gasteiger partial charge in [-0.15, -0.1) is 0 Å². The SMILES string of the molecule is Cn1c(=O)n(S(=O)(=O)c2ccccc2)cc(F)/c1=N\Cc1ccccc1F. The molecule has 3 rings (SSSR count). The third-order valence-electron chi connectivity index (χ3n) is 3.89. The normalized spacial score (nSPS) is 12.3. The van der Waals surface area contributed by atoms with E-state index in [1.165, 1.54) is 49.5 Å². The second kappa shape index (κ2) is 7.28. The summed E-state index contributed by atoms with van der Waals surface area (Å²) in [6.45, 7) is -0.202. The minimum Gasteiger partial charge on any atom is -0.278 e. The van der Waals surface area contributed by atoms with Crippen molar-refractivity contribution in [2.24, 2.45) is 12.0 Å². The van der Waals surface area contributed by atoms with Crippen LogP contribution >= 0.6 is 0 Å². The Balaban J connectivity index is 2.12. The molecule has 0 unspecified atom stereocenters. The lowest BCUT2D eigenvalue weighted by molar-refractivity contribution is 0.533. The number of hydrogen-bond acceptors (Lipinski definition) is 4. The Morgan fingerprint density at radius 3 is 2.26 bits per heavy atom. The second-order valence-corrected chi connectivity index (χ2v) is 7.48. The molecular formula is C18H15F2N3O3S. The Morgan fingerprint density at radius 2 is 1.59 bits per heavy atom. The number of nitrogens with zero attached hydrogens (tertiary/aromatic N) is 3. The summed E-state index contributed by atoms with van der Waals surface area (Å²) in [4.78, 5) is 16.3. The number of benzene rings is 2. The van der Waals surface area contributed by atoms with Crippen molar-refractivity contribution in [3.8, 4) is 0 Å². The van der Waals surface area contributed by atoms with Gasteiger partial charge in [0, 0.05) is 12.6 Å². The molecule has 0 N–H and O–H groups in total. The molecule has 0 radical (unpaired) electrons. The van der Waals surface area contributed by atoms with Crippen LogP contribution in [0.25, 0.3) is 0 Å². The summed E-state index contributed by atoms with van der Waals surface area (Å²) in [7, 11) is -3.07.